The first kappa shape index (κ1) is 23.0. The molecule has 1 amide bonds. The molecule has 2 rings (SSSR count). The van der Waals surface area contributed by atoms with Crippen LogP contribution in [0.3, 0.4) is 0 Å². The first-order valence-electron chi connectivity index (χ1n) is 9.44. The van der Waals surface area contributed by atoms with E-state index in [2.05, 4.69) is 0 Å². The van der Waals surface area contributed by atoms with Gasteiger partial charge in [0.2, 0.25) is 0 Å². The zero-order valence-corrected chi connectivity index (χ0v) is 18.4. The quantitative estimate of drug-likeness (QED) is 0.408. The van der Waals surface area contributed by atoms with E-state index in [0.29, 0.717) is 5.56 Å². The second-order valence-electron chi connectivity index (χ2n) is 8.69. The Morgan fingerprint density at radius 2 is 2.00 bits per heavy atom. The summed E-state index contributed by atoms with van der Waals surface area (Å²) < 4.78 is 5.50. The molecule has 1 aromatic rings. The molecule has 8 nitrogen and oxygen atoms in total. The van der Waals surface area contributed by atoms with Crippen molar-refractivity contribution in [3.05, 3.63) is 33.9 Å². The lowest BCUT2D eigenvalue weighted by atomic mass is 9.79. The molecule has 2 unspecified atom stereocenters. The van der Waals surface area contributed by atoms with Crippen molar-refractivity contribution >= 4 is 29.5 Å². The molecule has 29 heavy (non-hydrogen) atoms. The third-order valence-electron chi connectivity index (χ3n) is 4.77. The predicted molar refractivity (Wildman–Crippen MR) is 110 cm³/mol. The van der Waals surface area contributed by atoms with Crippen molar-refractivity contribution in [1.82, 2.24) is 4.90 Å². The van der Waals surface area contributed by atoms with Gasteiger partial charge in [0, 0.05) is 28.8 Å². The summed E-state index contributed by atoms with van der Waals surface area (Å²) in [6, 6.07) is 3.54. The number of benzene rings is 1. The van der Waals surface area contributed by atoms with E-state index in [4.69, 9.17) is 4.74 Å². The summed E-state index contributed by atoms with van der Waals surface area (Å²) in [6.07, 6.45) is -0.403. The second-order valence-corrected chi connectivity index (χ2v) is 10.3. The number of likely N-dealkylation sites (tertiary alicyclic amines) is 1. The minimum absolute atomic E-state index is 0.142. The molecule has 1 aromatic carbocycles. The van der Waals surface area contributed by atoms with Crippen LogP contribution in [0.4, 0.5) is 10.5 Å². The third kappa shape index (κ3) is 5.01. The van der Waals surface area contributed by atoms with Gasteiger partial charge in [-0.15, -0.1) is 11.8 Å². The number of nitro benzene ring substituents is 1. The number of ether oxygens (including phenoxy) is 1. The number of nitro groups is 1. The van der Waals surface area contributed by atoms with Crippen LogP contribution >= 0.6 is 11.8 Å². The van der Waals surface area contributed by atoms with Gasteiger partial charge in [0.15, 0.2) is 0 Å². The lowest BCUT2D eigenvalue weighted by Gasteiger charge is -2.35. The second kappa shape index (κ2) is 8.22. The monoisotopic (exact) mass is 424 g/mol. The van der Waals surface area contributed by atoms with Gasteiger partial charge in [0.1, 0.15) is 5.60 Å². The summed E-state index contributed by atoms with van der Waals surface area (Å²) in [4.78, 5) is 38.0. The lowest BCUT2D eigenvalue weighted by Crippen LogP contribution is -2.41. The number of aliphatic carboxylic acids is 1. The molecule has 0 aromatic heterocycles. The molecule has 1 saturated heterocycles. The van der Waals surface area contributed by atoms with E-state index in [0.717, 1.165) is 4.90 Å². The third-order valence-corrected chi connectivity index (χ3v) is 5.86. The molecule has 0 spiro atoms. The number of non-ortho nitro benzene ring substituents is 1. The van der Waals surface area contributed by atoms with Crippen LogP contribution in [0.25, 0.3) is 0 Å². The van der Waals surface area contributed by atoms with E-state index in [1.807, 2.05) is 13.8 Å². The highest BCUT2D eigenvalue weighted by atomic mass is 32.2. The van der Waals surface area contributed by atoms with Gasteiger partial charge in [-0.25, -0.2) is 4.79 Å². The summed E-state index contributed by atoms with van der Waals surface area (Å²) >= 11 is 1.48. The molecule has 0 saturated carbocycles. The summed E-state index contributed by atoms with van der Waals surface area (Å²) in [5.74, 6) is -1.06. The number of thioether (sulfide) groups is 1. The van der Waals surface area contributed by atoms with Crippen LogP contribution in [-0.4, -0.2) is 44.4 Å². The van der Waals surface area contributed by atoms with E-state index in [1.165, 1.54) is 28.8 Å². The Labute approximate surface area is 174 Å². The van der Waals surface area contributed by atoms with Crippen LogP contribution in [0.2, 0.25) is 0 Å². The zero-order chi connectivity index (χ0) is 22.1. The van der Waals surface area contributed by atoms with E-state index in [-0.39, 0.29) is 23.9 Å². The van der Waals surface area contributed by atoms with Crippen molar-refractivity contribution in [2.24, 2.45) is 5.41 Å². The molecular formula is C20H28N2O6S. The van der Waals surface area contributed by atoms with Crippen molar-refractivity contribution in [2.45, 2.75) is 69.8 Å². The molecular weight excluding hydrogens is 396 g/mol. The average molecular weight is 425 g/mol. The van der Waals surface area contributed by atoms with Crippen molar-refractivity contribution < 1.29 is 24.4 Å². The Morgan fingerprint density at radius 1 is 1.38 bits per heavy atom. The number of carbonyl (C=O) groups is 2. The number of amides is 1. The van der Waals surface area contributed by atoms with E-state index < -0.39 is 34.0 Å². The van der Waals surface area contributed by atoms with Crippen molar-refractivity contribution in [3.63, 3.8) is 0 Å². The Balaban J connectivity index is 2.65. The molecule has 1 fully saturated rings. The Morgan fingerprint density at radius 3 is 2.48 bits per heavy atom. The van der Waals surface area contributed by atoms with Crippen LogP contribution in [0.15, 0.2) is 23.1 Å². The Hall–Kier alpha value is -2.29. The number of rotatable bonds is 5. The molecule has 1 aliphatic heterocycles. The number of hydrogen-bond acceptors (Lipinski definition) is 6. The first-order valence-corrected chi connectivity index (χ1v) is 10.3. The van der Waals surface area contributed by atoms with Gasteiger partial charge >= 0.3 is 12.1 Å². The zero-order valence-electron chi connectivity index (χ0n) is 17.6. The molecule has 1 aliphatic rings. The number of nitrogens with zero attached hydrogens (tertiary/aromatic N) is 2. The smallest absolute Gasteiger partial charge is 0.410 e. The Bertz CT molecular complexity index is 820. The number of hydrogen-bond donors (Lipinski definition) is 1. The maximum atomic E-state index is 12.9. The van der Waals surface area contributed by atoms with Gasteiger partial charge in [-0.05, 0) is 45.7 Å². The van der Waals surface area contributed by atoms with Crippen LogP contribution in [-0.2, 0) is 9.53 Å². The fourth-order valence-electron chi connectivity index (χ4n) is 3.44. The minimum atomic E-state index is -1.29. The highest BCUT2D eigenvalue weighted by molar-refractivity contribution is 8.00. The Kier molecular flexibility index (Phi) is 6.51. The summed E-state index contributed by atoms with van der Waals surface area (Å²) in [5, 5.41) is 21.5. The van der Waals surface area contributed by atoms with Crippen LogP contribution in [0.5, 0.6) is 0 Å². The number of carbonyl (C=O) groups excluding carboxylic acids is 1. The fraction of sp³-hybridized carbons (Fsp3) is 0.600. The van der Waals surface area contributed by atoms with E-state index in [1.54, 1.807) is 33.8 Å². The molecule has 9 heteroatoms. The normalized spacial score (nSPS) is 22.0. The molecule has 0 radical (unpaired) electrons. The largest absolute Gasteiger partial charge is 0.481 e. The van der Waals surface area contributed by atoms with Gasteiger partial charge in [-0.3, -0.25) is 19.8 Å². The maximum absolute atomic E-state index is 12.9. The maximum Gasteiger partial charge on any atom is 0.410 e. The van der Waals surface area contributed by atoms with Crippen molar-refractivity contribution in [1.29, 1.82) is 0 Å². The van der Waals surface area contributed by atoms with Gasteiger partial charge < -0.3 is 9.84 Å². The number of carboxylic acids is 1. The van der Waals surface area contributed by atoms with E-state index in [9.17, 15) is 24.8 Å². The highest BCUT2D eigenvalue weighted by Crippen LogP contribution is 2.50. The topological polar surface area (TPSA) is 110 Å². The molecule has 160 valence electrons. The van der Waals surface area contributed by atoms with Gasteiger partial charge in [0.05, 0.1) is 16.4 Å². The van der Waals surface area contributed by atoms with Gasteiger partial charge in [-0.1, -0.05) is 13.8 Å². The molecule has 1 heterocycles. The fourth-order valence-corrected chi connectivity index (χ4v) is 4.40. The van der Waals surface area contributed by atoms with Crippen molar-refractivity contribution in [3.8, 4) is 0 Å². The van der Waals surface area contributed by atoms with Gasteiger partial charge in [-0.2, -0.15) is 0 Å². The average Bonchev–Trinajstić information content (AvgIpc) is 2.92. The molecule has 1 N–H and O–H groups in total. The van der Waals surface area contributed by atoms with Crippen molar-refractivity contribution in [2.75, 3.05) is 6.54 Å². The van der Waals surface area contributed by atoms with Crippen LogP contribution in [0, 0.1) is 15.5 Å². The summed E-state index contributed by atoms with van der Waals surface area (Å²) in [5.41, 5.74) is -1.72. The standard InChI is InChI=1S/C20H28N2O6S/c1-12(2)29-15-8-7-13(22(26)27)11-14(15)16-20(6,17(23)24)9-10-21(16)18(25)28-19(3,4)5/h7-8,11-12,16H,9-10H2,1-6H3,(H,23,24). The van der Waals surface area contributed by atoms with Crippen LogP contribution in [0.1, 0.15) is 59.6 Å². The van der Waals surface area contributed by atoms with E-state index >= 15 is 0 Å². The molecule has 0 bridgehead atoms. The summed E-state index contributed by atoms with van der Waals surface area (Å²) in [6.45, 7) is 10.9. The van der Waals surface area contributed by atoms with Gasteiger partial charge in [0.25, 0.3) is 5.69 Å². The summed E-state index contributed by atoms with van der Waals surface area (Å²) in [7, 11) is 0. The SMILES string of the molecule is CC(C)Sc1ccc([N+](=O)[O-])cc1C1N(C(=O)OC(C)(C)C)CCC1(C)C(=O)O. The first-order chi connectivity index (χ1) is 13.3. The minimum Gasteiger partial charge on any atom is -0.481 e. The van der Waals surface area contributed by atoms with Crippen LogP contribution < -0.4 is 0 Å². The predicted octanol–water partition coefficient (Wildman–Crippen LogP) is 4.87. The lowest BCUT2D eigenvalue weighted by molar-refractivity contribution is -0.385. The number of carboxylic acid groups (broad SMARTS) is 1. The molecule has 0 aliphatic carbocycles. The highest BCUT2D eigenvalue weighted by Gasteiger charge is 2.53. The molecule has 2 atom stereocenters.